The third kappa shape index (κ3) is 2.17. The molecule has 2 N–H and O–H groups in total. The summed E-state index contributed by atoms with van der Waals surface area (Å²) in [4.78, 5) is 9.63. The fourth-order valence-corrected chi connectivity index (χ4v) is 7.27. The molecule has 0 saturated heterocycles. The number of aryl methyl sites for hydroxylation is 1. The van der Waals surface area contributed by atoms with Gasteiger partial charge in [0.05, 0.1) is 17.1 Å². The van der Waals surface area contributed by atoms with E-state index in [0.29, 0.717) is 0 Å². The molecule has 6 heteroatoms. The first-order chi connectivity index (χ1) is 15.0. The van der Waals surface area contributed by atoms with Gasteiger partial charge in [-0.15, -0.1) is 0 Å². The maximum atomic E-state index is 7.33. The quantitative estimate of drug-likeness (QED) is 0.575. The van der Waals surface area contributed by atoms with Gasteiger partial charge in [0.2, 0.25) is 0 Å². The van der Waals surface area contributed by atoms with Crippen molar-refractivity contribution in [1.82, 2.24) is 4.98 Å². The molecule has 31 heavy (non-hydrogen) atoms. The van der Waals surface area contributed by atoms with Crippen molar-refractivity contribution in [1.29, 1.82) is 0 Å². The summed E-state index contributed by atoms with van der Waals surface area (Å²) in [5, 5.41) is 0.118. The van der Waals surface area contributed by atoms with Crippen LogP contribution in [0.5, 0.6) is 0 Å². The second-order valence-corrected chi connectivity index (χ2v) is 10.1. The number of aromatic nitrogens is 2. The van der Waals surface area contributed by atoms with E-state index in [0.717, 1.165) is 37.9 Å². The van der Waals surface area contributed by atoms with Crippen LogP contribution in [0.1, 0.15) is 64.1 Å². The lowest BCUT2D eigenvalue weighted by Crippen LogP contribution is -2.70. The first kappa shape index (κ1) is 19.4. The highest BCUT2D eigenvalue weighted by Crippen LogP contribution is 2.78. The zero-order valence-electron chi connectivity index (χ0n) is 19.0. The molecule has 0 bridgehead atoms. The van der Waals surface area contributed by atoms with Gasteiger partial charge in [0.1, 0.15) is 17.1 Å². The molecule has 3 aliphatic heterocycles. The molecule has 0 amide bonds. The summed E-state index contributed by atoms with van der Waals surface area (Å²) in [5.41, 5.74) is 10.0. The van der Waals surface area contributed by atoms with Crippen molar-refractivity contribution in [2.24, 2.45) is 5.73 Å². The normalized spacial score (nSPS) is 31.7. The van der Waals surface area contributed by atoms with Gasteiger partial charge in [-0.25, -0.2) is 9.55 Å². The maximum Gasteiger partial charge on any atom is 0.518 e. The van der Waals surface area contributed by atoms with Crippen molar-refractivity contribution in [3.05, 3.63) is 60.2 Å². The first-order valence-electron chi connectivity index (χ1n) is 12.1. The molecule has 3 unspecified atom stereocenters. The van der Waals surface area contributed by atoms with Crippen LogP contribution in [-0.4, -0.2) is 17.5 Å². The van der Waals surface area contributed by atoms with Gasteiger partial charge in [-0.3, -0.25) is 4.81 Å². The van der Waals surface area contributed by atoms with Gasteiger partial charge in [0.25, 0.3) is 5.82 Å². The zero-order valence-corrected chi connectivity index (χ0v) is 19.0. The smallest absolute Gasteiger partial charge is 0.331 e. The van der Waals surface area contributed by atoms with Crippen LogP contribution in [0.3, 0.4) is 0 Å². The average Bonchev–Trinajstić information content (AvgIpc) is 3.19. The Kier molecular flexibility index (Phi) is 3.96. The first-order valence-corrected chi connectivity index (χ1v) is 12.1. The molecule has 160 valence electrons. The van der Waals surface area contributed by atoms with Gasteiger partial charge in [0.15, 0.2) is 0 Å². The van der Waals surface area contributed by atoms with E-state index in [1.807, 2.05) is 12.3 Å². The van der Waals surface area contributed by atoms with Crippen molar-refractivity contribution >= 4 is 18.6 Å². The molecule has 2 aromatic rings. The second-order valence-electron chi connectivity index (χ2n) is 10.1. The van der Waals surface area contributed by atoms with E-state index in [1.54, 1.807) is 0 Å². The molecular weight excluding hydrogens is 381 g/mol. The summed E-state index contributed by atoms with van der Waals surface area (Å²) in [5.74, 6) is 2.35. The average molecular weight is 414 g/mol. The summed E-state index contributed by atoms with van der Waals surface area (Å²) in [7, 11) is 0. The predicted molar refractivity (Wildman–Crippen MR) is 126 cm³/mol. The van der Waals surface area contributed by atoms with E-state index in [2.05, 4.69) is 71.6 Å². The zero-order chi connectivity index (χ0) is 21.4. The number of hydrogen-bond acceptors (Lipinski definition) is 4. The van der Waals surface area contributed by atoms with Crippen molar-refractivity contribution < 1.29 is 4.57 Å². The molecule has 1 saturated carbocycles. The largest absolute Gasteiger partial charge is 0.518 e. The van der Waals surface area contributed by atoms with E-state index < -0.39 is 0 Å². The van der Waals surface area contributed by atoms with Crippen LogP contribution < -0.4 is 19.9 Å². The summed E-state index contributed by atoms with van der Waals surface area (Å²) in [6.07, 6.45) is 14.2. The molecule has 2 aromatic heterocycles. The van der Waals surface area contributed by atoms with E-state index in [1.165, 1.54) is 29.9 Å². The summed E-state index contributed by atoms with van der Waals surface area (Å²) in [6.45, 7) is 7.14. The second kappa shape index (κ2) is 6.35. The SMILES string of the molecule is CCCCc1cc2[n+]3c(c1)N1C=CN(c4ccccn4)B1C1(CC)CC31C(N)(CC)C2. The fraction of sp³-hybridized carbons (Fsp3) is 0.520. The molecule has 6 rings (SSSR count). The molecule has 4 aliphatic rings. The maximum absolute atomic E-state index is 7.33. The number of anilines is 2. The Morgan fingerprint density at radius 3 is 2.68 bits per heavy atom. The Morgan fingerprint density at radius 2 is 1.97 bits per heavy atom. The molecule has 0 aromatic carbocycles. The lowest BCUT2D eigenvalue weighted by atomic mass is 9.50. The minimum Gasteiger partial charge on any atom is -0.331 e. The highest BCUT2D eigenvalue weighted by molar-refractivity contribution is 6.73. The lowest BCUT2D eigenvalue weighted by Gasteiger charge is -2.40. The van der Waals surface area contributed by atoms with Crippen LogP contribution in [-0.2, 0) is 18.4 Å². The van der Waals surface area contributed by atoms with Gasteiger partial charge < -0.3 is 10.5 Å². The van der Waals surface area contributed by atoms with Crippen LogP contribution in [0.4, 0.5) is 11.6 Å². The molecule has 1 fully saturated rings. The molecule has 1 spiro atoms. The van der Waals surface area contributed by atoms with Gasteiger partial charge in [-0.05, 0) is 49.4 Å². The fourth-order valence-electron chi connectivity index (χ4n) is 7.27. The van der Waals surface area contributed by atoms with Gasteiger partial charge in [-0.2, -0.15) is 0 Å². The summed E-state index contributed by atoms with van der Waals surface area (Å²) < 4.78 is 2.66. The lowest BCUT2D eigenvalue weighted by molar-refractivity contribution is -0.729. The molecule has 5 heterocycles. The molecule has 5 nitrogen and oxygen atoms in total. The molecule has 1 aliphatic carbocycles. The third-order valence-corrected chi connectivity index (χ3v) is 8.82. The van der Waals surface area contributed by atoms with Gasteiger partial charge in [-0.1, -0.05) is 33.3 Å². The van der Waals surface area contributed by atoms with E-state index >= 15 is 0 Å². The monoisotopic (exact) mass is 414 g/mol. The van der Waals surface area contributed by atoms with Gasteiger partial charge in [0, 0.05) is 31.3 Å². The number of hydrogen-bond donors (Lipinski definition) is 1. The molecule has 3 atom stereocenters. The van der Waals surface area contributed by atoms with Crippen molar-refractivity contribution in [2.75, 3.05) is 9.62 Å². The highest BCUT2D eigenvalue weighted by atomic mass is 15.4. The van der Waals surface area contributed by atoms with Crippen LogP contribution in [0.25, 0.3) is 0 Å². The number of pyridine rings is 2. The summed E-state index contributed by atoms with van der Waals surface area (Å²) >= 11 is 0. The van der Waals surface area contributed by atoms with Crippen molar-refractivity contribution in [3.63, 3.8) is 0 Å². The standard InChI is InChI=1S/C25H33BN5/c1-4-7-10-19-15-20-17-24(27,6-3)25-18-23(25,5-2)26-29(21-11-8-9-12-28-21)13-14-30(26)22(16-19)31(20)25/h8-9,11-16H,4-7,10,17-18,27H2,1-3H3/q+1. The van der Waals surface area contributed by atoms with Crippen LogP contribution in [0.15, 0.2) is 48.9 Å². The van der Waals surface area contributed by atoms with Crippen molar-refractivity contribution in [3.8, 4) is 0 Å². The summed E-state index contributed by atoms with van der Waals surface area (Å²) in [6, 6.07) is 11.1. The number of rotatable bonds is 6. The van der Waals surface area contributed by atoms with Crippen LogP contribution >= 0.6 is 0 Å². The van der Waals surface area contributed by atoms with Crippen molar-refractivity contribution in [2.45, 2.75) is 82.1 Å². The van der Waals surface area contributed by atoms with E-state index in [9.17, 15) is 0 Å². The van der Waals surface area contributed by atoms with Gasteiger partial charge >= 0.3 is 6.98 Å². The Balaban J connectivity index is 1.56. The number of nitrogens with zero attached hydrogens (tertiary/aromatic N) is 4. The minimum absolute atomic E-state index is 0.00231. The minimum atomic E-state index is -0.196. The number of nitrogens with two attached hydrogens (primary N) is 1. The Bertz CT molecular complexity index is 1070. The Labute approximate surface area is 186 Å². The predicted octanol–water partition coefficient (Wildman–Crippen LogP) is 3.92. The Morgan fingerprint density at radius 1 is 1.13 bits per heavy atom. The number of fused-ring (bicyclic) bond motifs is 3. The highest BCUT2D eigenvalue weighted by Gasteiger charge is 2.90. The topological polar surface area (TPSA) is 49.3 Å². The molecule has 0 radical (unpaired) electrons. The van der Waals surface area contributed by atoms with Crippen LogP contribution in [0.2, 0.25) is 5.31 Å². The van der Waals surface area contributed by atoms with E-state index in [-0.39, 0.29) is 23.4 Å². The molecular formula is C25H33BN5+. The Hall–Kier alpha value is -2.34. The van der Waals surface area contributed by atoms with E-state index in [4.69, 9.17) is 10.7 Å². The van der Waals surface area contributed by atoms with Crippen LogP contribution in [0, 0.1) is 0 Å². The number of unbranched alkanes of at least 4 members (excludes halogenated alkanes) is 1. The third-order valence-electron chi connectivity index (χ3n) is 8.82.